The van der Waals surface area contributed by atoms with Crippen molar-refractivity contribution in [2.45, 2.75) is 6.61 Å². The molecule has 0 aliphatic heterocycles. The first kappa shape index (κ1) is 12.2. The third-order valence-electron chi connectivity index (χ3n) is 2.40. The molecule has 0 saturated carbocycles. The van der Waals surface area contributed by atoms with Gasteiger partial charge in [-0.25, -0.2) is 9.37 Å². The second kappa shape index (κ2) is 5.37. The molecule has 2 N–H and O–H groups in total. The number of carbonyl (C=O) groups is 1. The van der Waals surface area contributed by atoms with Crippen LogP contribution in [0.1, 0.15) is 16.1 Å². The van der Waals surface area contributed by atoms with Crippen LogP contribution in [0.5, 0.6) is 0 Å². The van der Waals surface area contributed by atoms with Crippen LogP contribution in [0.25, 0.3) is 0 Å². The molecule has 5 heteroatoms. The summed E-state index contributed by atoms with van der Waals surface area (Å²) in [4.78, 5) is 15.5. The Morgan fingerprint density at radius 2 is 2.06 bits per heavy atom. The van der Waals surface area contributed by atoms with Crippen molar-refractivity contribution in [3.05, 3.63) is 59.7 Å². The summed E-state index contributed by atoms with van der Waals surface area (Å²) in [5.74, 6) is -0.946. The van der Waals surface area contributed by atoms with Gasteiger partial charge in [-0.15, -0.1) is 0 Å². The zero-order chi connectivity index (χ0) is 13.0. The van der Waals surface area contributed by atoms with Crippen LogP contribution in [-0.4, -0.2) is 16.0 Å². The normalized spacial score (nSPS) is 10.1. The van der Waals surface area contributed by atoms with E-state index in [4.69, 9.17) is 5.11 Å². The Labute approximate surface area is 103 Å². The highest BCUT2D eigenvalue weighted by Gasteiger charge is 2.09. The van der Waals surface area contributed by atoms with Gasteiger partial charge in [-0.1, -0.05) is 18.2 Å². The summed E-state index contributed by atoms with van der Waals surface area (Å²) in [6.45, 7) is -0.173. The molecule has 0 atom stereocenters. The smallest absolute Gasteiger partial charge is 0.274 e. The van der Waals surface area contributed by atoms with Crippen molar-refractivity contribution in [2.24, 2.45) is 0 Å². The molecule has 0 bridgehead atoms. The number of hydrogen-bond acceptors (Lipinski definition) is 3. The number of para-hydroxylation sites is 1. The predicted octanol–water partition coefficient (Wildman–Crippen LogP) is 1.97. The maximum absolute atomic E-state index is 12.7. The standard InChI is InChI=1S/C13H11FN2O2/c14-10-5-6-12(15-7-10)13(18)16-11-4-2-1-3-9(11)8-17/h1-7,17H,8H2,(H,16,18). The lowest BCUT2D eigenvalue weighted by molar-refractivity contribution is 0.102. The third-order valence-corrected chi connectivity index (χ3v) is 2.40. The number of rotatable bonds is 3. The van der Waals surface area contributed by atoms with Crippen molar-refractivity contribution in [3.8, 4) is 0 Å². The Morgan fingerprint density at radius 3 is 2.72 bits per heavy atom. The van der Waals surface area contributed by atoms with Crippen LogP contribution in [0.15, 0.2) is 42.6 Å². The highest BCUT2D eigenvalue weighted by atomic mass is 19.1. The van der Waals surface area contributed by atoms with E-state index in [-0.39, 0.29) is 12.3 Å². The first-order valence-electron chi connectivity index (χ1n) is 5.32. The van der Waals surface area contributed by atoms with E-state index in [9.17, 15) is 9.18 Å². The minimum Gasteiger partial charge on any atom is -0.392 e. The van der Waals surface area contributed by atoms with Crippen LogP contribution in [0.3, 0.4) is 0 Å². The highest BCUT2D eigenvalue weighted by molar-refractivity contribution is 6.03. The van der Waals surface area contributed by atoms with E-state index in [0.717, 1.165) is 6.20 Å². The molecule has 0 radical (unpaired) electrons. The molecule has 4 nitrogen and oxygen atoms in total. The van der Waals surface area contributed by atoms with E-state index in [2.05, 4.69) is 10.3 Å². The number of nitrogens with zero attached hydrogens (tertiary/aromatic N) is 1. The van der Waals surface area contributed by atoms with Gasteiger partial charge in [0.25, 0.3) is 5.91 Å². The molecule has 1 aromatic carbocycles. The number of aliphatic hydroxyl groups is 1. The predicted molar refractivity (Wildman–Crippen MR) is 64.5 cm³/mol. The number of anilines is 1. The fourth-order valence-electron chi connectivity index (χ4n) is 1.48. The van der Waals surface area contributed by atoms with Gasteiger partial charge in [0.2, 0.25) is 0 Å². The number of amides is 1. The number of aliphatic hydroxyl groups excluding tert-OH is 1. The Kier molecular flexibility index (Phi) is 3.64. The molecule has 1 amide bonds. The van der Waals surface area contributed by atoms with Gasteiger partial charge in [0.1, 0.15) is 11.5 Å². The highest BCUT2D eigenvalue weighted by Crippen LogP contribution is 2.15. The number of pyridine rings is 1. The van der Waals surface area contributed by atoms with Crippen molar-refractivity contribution in [2.75, 3.05) is 5.32 Å². The number of carbonyl (C=O) groups excluding carboxylic acids is 1. The molecule has 2 rings (SSSR count). The lowest BCUT2D eigenvalue weighted by Crippen LogP contribution is -2.14. The number of nitrogens with one attached hydrogen (secondary N) is 1. The van der Waals surface area contributed by atoms with Crippen molar-refractivity contribution in [1.82, 2.24) is 4.98 Å². The zero-order valence-electron chi connectivity index (χ0n) is 9.43. The molecule has 18 heavy (non-hydrogen) atoms. The van der Waals surface area contributed by atoms with Gasteiger partial charge in [0.05, 0.1) is 12.8 Å². The minimum absolute atomic E-state index is 0.115. The van der Waals surface area contributed by atoms with Crippen LogP contribution < -0.4 is 5.32 Å². The molecular weight excluding hydrogens is 235 g/mol. The molecule has 0 saturated heterocycles. The lowest BCUT2D eigenvalue weighted by atomic mass is 10.2. The van der Waals surface area contributed by atoms with Crippen LogP contribution >= 0.6 is 0 Å². The average molecular weight is 246 g/mol. The molecule has 0 fully saturated rings. The van der Waals surface area contributed by atoms with Crippen LogP contribution in [0, 0.1) is 5.82 Å². The Hall–Kier alpha value is -2.27. The van der Waals surface area contributed by atoms with Crippen molar-refractivity contribution < 1.29 is 14.3 Å². The van der Waals surface area contributed by atoms with E-state index in [1.54, 1.807) is 24.3 Å². The fourth-order valence-corrected chi connectivity index (χ4v) is 1.48. The van der Waals surface area contributed by atoms with Gasteiger partial charge >= 0.3 is 0 Å². The second-order valence-electron chi connectivity index (χ2n) is 3.63. The SMILES string of the molecule is O=C(Nc1ccccc1CO)c1ccc(F)cn1. The third kappa shape index (κ3) is 2.70. The Balaban J connectivity index is 2.18. The molecule has 2 aromatic rings. The number of halogens is 1. The molecule has 0 spiro atoms. The summed E-state index contributed by atoms with van der Waals surface area (Å²) in [6, 6.07) is 9.34. The average Bonchev–Trinajstić information content (AvgIpc) is 2.40. The monoisotopic (exact) mass is 246 g/mol. The van der Waals surface area contributed by atoms with E-state index in [0.29, 0.717) is 11.3 Å². The van der Waals surface area contributed by atoms with Gasteiger partial charge in [0.15, 0.2) is 0 Å². The van der Waals surface area contributed by atoms with Crippen molar-refractivity contribution >= 4 is 11.6 Å². The summed E-state index contributed by atoms with van der Waals surface area (Å²) in [7, 11) is 0. The van der Waals surface area contributed by atoms with E-state index >= 15 is 0 Å². The topological polar surface area (TPSA) is 62.2 Å². The largest absolute Gasteiger partial charge is 0.392 e. The summed E-state index contributed by atoms with van der Waals surface area (Å²) in [5, 5.41) is 11.7. The van der Waals surface area contributed by atoms with Gasteiger partial charge in [-0.3, -0.25) is 4.79 Å². The Morgan fingerprint density at radius 1 is 1.28 bits per heavy atom. The van der Waals surface area contributed by atoms with Crippen LogP contribution in [0.2, 0.25) is 0 Å². The van der Waals surface area contributed by atoms with Crippen molar-refractivity contribution in [3.63, 3.8) is 0 Å². The fraction of sp³-hybridized carbons (Fsp3) is 0.0769. The van der Waals surface area contributed by atoms with E-state index in [1.807, 2.05) is 0 Å². The van der Waals surface area contributed by atoms with Gasteiger partial charge in [-0.05, 0) is 18.2 Å². The first-order chi connectivity index (χ1) is 8.70. The number of hydrogen-bond donors (Lipinski definition) is 2. The van der Waals surface area contributed by atoms with Crippen LogP contribution in [0.4, 0.5) is 10.1 Å². The van der Waals surface area contributed by atoms with Gasteiger partial charge < -0.3 is 10.4 Å². The quantitative estimate of drug-likeness (QED) is 0.870. The minimum atomic E-state index is -0.498. The molecule has 1 aromatic heterocycles. The van der Waals surface area contributed by atoms with Crippen LogP contribution in [-0.2, 0) is 6.61 Å². The number of aromatic nitrogens is 1. The van der Waals surface area contributed by atoms with E-state index in [1.165, 1.54) is 12.1 Å². The summed E-state index contributed by atoms with van der Waals surface area (Å²) in [6.07, 6.45) is 0.979. The molecule has 0 unspecified atom stereocenters. The van der Waals surface area contributed by atoms with E-state index < -0.39 is 11.7 Å². The maximum Gasteiger partial charge on any atom is 0.274 e. The van der Waals surface area contributed by atoms with Gasteiger partial charge in [-0.2, -0.15) is 0 Å². The Bertz CT molecular complexity index is 555. The molecule has 0 aliphatic carbocycles. The molecule has 92 valence electrons. The summed E-state index contributed by atoms with van der Waals surface area (Å²) >= 11 is 0. The summed E-state index contributed by atoms with van der Waals surface area (Å²) in [5.41, 5.74) is 1.23. The maximum atomic E-state index is 12.7. The first-order valence-corrected chi connectivity index (χ1v) is 5.32. The molecule has 0 aliphatic rings. The number of benzene rings is 1. The lowest BCUT2D eigenvalue weighted by Gasteiger charge is -2.08. The zero-order valence-corrected chi connectivity index (χ0v) is 9.43. The second-order valence-corrected chi connectivity index (χ2v) is 3.63. The van der Waals surface area contributed by atoms with Crippen molar-refractivity contribution in [1.29, 1.82) is 0 Å². The summed E-state index contributed by atoms with van der Waals surface area (Å²) < 4.78 is 12.7. The molecular formula is C13H11FN2O2. The molecule has 1 heterocycles. The van der Waals surface area contributed by atoms with Gasteiger partial charge in [0, 0.05) is 11.3 Å².